The van der Waals surface area contributed by atoms with E-state index in [4.69, 9.17) is 0 Å². The predicted octanol–water partition coefficient (Wildman–Crippen LogP) is 4.82. The quantitative estimate of drug-likeness (QED) is 0.838. The number of hydrogen-bond donors (Lipinski definition) is 1. The molecule has 0 saturated carbocycles. The molecular weight excluding hydrogens is 324 g/mol. The summed E-state index contributed by atoms with van der Waals surface area (Å²) < 4.78 is 1.17. The fourth-order valence-corrected chi connectivity index (χ4v) is 3.81. The summed E-state index contributed by atoms with van der Waals surface area (Å²) in [5.74, 6) is 0.839. The lowest BCUT2D eigenvalue weighted by Crippen LogP contribution is -2.27. The molecule has 0 bridgehead atoms. The number of anilines is 1. The molecule has 0 aliphatic carbocycles. The normalized spacial score (nSPS) is 20.4. The highest BCUT2D eigenvalue weighted by Gasteiger charge is 2.27. The maximum absolute atomic E-state index is 3.60. The van der Waals surface area contributed by atoms with Crippen molar-refractivity contribution in [1.82, 2.24) is 5.32 Å². The number of hydrogen-bond acceptors (Lipinski definition) is 2. The third-order valence-electron chi connectivity index (χ3n) is 4.70. The Morgan fingerprint density at radius 3 is 2.67 bits per heavy atom. The van der Waals surface area contributed by atoms with Gasteiger partial charge in [-0.05, 0) is 61.4 Å². The number of halogens is 1. The van der Waals surface area contributed by atoms with Crippen LogP contribution in [0.4, 0.5) is 5.69 Å². The zero-order valence-corrected chi connectivity index (χ0v) is 15.5. The molecule has 0 radical (unpaired) electrons. The van der Waals surface area contributed by atoms with Crippen LogP contribution in [0.1, 0.15) is 45.6 Å². The van der Waals surface area contributed by atoms with Gasteiger partial charge in [0, 0.05) is 29.8 Å². The van der Waals surface area contributed by atoms with Gasteiger partial charge in [0.25, 0.3) is 0 Å². The summed E-state index contributed by atoms with van der Waals surface area (Å²) in [5.41, 5.74) is 3.23. The Labute approximate surface area is 138 Å². The molecule has 1 saturated heterocycles. The molecule has 0 spiro atoms. The molecule has 1 aliphatic rings. The molecule has 0 amide bonds. The fourth-order valence-electron chi connectivity index (χ4n) is 3.40. The van der Waals surface area contributed by atoms with E-state index in [1.807, 2.05) is 7.05 Å². The van der Waals surface area contributed by atoms with Gasteiger partial charge in [0.15, 0.2) is 0 Å². The third-order valence-corrected chi connectivity index (χ3v) is 5.20. The van der Waals surface area contributed by atoms with Gasteiger partial charge in [0.2, 0.25) is 0 Å². The lowest BCUT2D eigenvalue weighted by atomic mass is 9.77. The van der Waals surface area contributed by atoms with Gasteiger partial charge in [-0.15, -0.1) is 0 Å². The minimum atomic E-state index is 0.434. The molecule has 1 N–H and O–H groups in total. The van der Waals surface area contributed by atoms with E-state index in [9.17, 15) is 0 Å². The Morgan fingerprint density at radius 2 is 2.00 bits per heavy atom. The van der Waals surface area contributed by atoms with Crippen molar-refractivity contribution in [2.45, 2.75) is 46.6 Å². The van der Waals surface area contributed by atoms with Crippen molar-refractivity contribution < 1.29 is 0 Å². The van der Waals surface area contributed by atoms with Crippen LogP contribution in [-0.4, -0.2) is 20.1 Å². The Balaban J connectivity index is 2.15. The van der Waals surface area contributed by atoms with Crippen molar-refractivity contribution in [2.75, 3.05) is 25.0 Å². The number of benzene rings is 1. The first kappa shape index (κ1) is 16.8. The van der Waals surface area contributed by atoms with E-state index in [2.05, 4.69) is 65.1 Å². The van der Waals surface area contributed by atoms with Crippen molar-refractivity contribution in [1.29, 1.82) is 0 Å². The van der Waals surface area contributed by atoms with Crippen LogP contribution in [0, 0.1) is 11.3 Å². The Bertz CT molecular complexity index is 465. The van der Waals surface area contributed by atoms with Gasteiger partial charge in [-0.25, -0.2) is 0 Å². The maximum atomic E-state index is 3.60. The molecule has 1 fully saturated rings. The fraction of sp³-hybridized carbons (Fsp3) is 0.667. The van der Waals surface area contributed by atoms with E-state index >= 15 is 0 Å². The van der Waals surface area contributed by atoms with Gasteiger partial charge < -0.3 is 10.2 Å². The van der Waals surface area contributed by atoms with E-state index in [0.29, 0.717) is 5.41 Å². The maximum Gasteiger partial charge on any atom is 0.0412 e. The van der Waals surface area contributed by atoms with E-state index in [1.54, 1.807) is 0 Å². The Hall–Kier alpha value is -0.540. The number of nitrogens with one attached hydrogen (secondary N) is 1. The summed E-state index contributed by atoms with van der Waals surface area (Å²) in [4.78, 5) is 2.59. The van der Waals surface area contributed by atoms with Crippen molar-refractivity contribution >= 4 is 21.6 Å². The van der Waals surface area contributed by atoms with Crippen molar-refractivity contribution in [3.8, 4) is 0 Å². The summed E-state index contributed by atoms with van der Waals surface area (Å²) >= 11 is 3.60. The van der Waals surface area contributed by atoms with Crippen LogP contribution in [0.3, 0.4) is 0 Å². The van der Waals surface area contributed by atoms with Crippen LogP contribution in [0.5, 0.6) is 0 Å². The highest BCUT2D eigenvalue weighted by Crippen LogP contribution is 2.36. The second-order valence-electron chi connectivity index (χ2n) is 7.28. The molecule has 21 heavy (non-hydrogen) atoms. The average molecular weight is 353 g/mol. The van der Waals surface area contributed by atoms with Crippen LogP contribution in [-0.2, 0) is 6.54 Å². The molecular formula is C18H29BrN2. The van der Waals surface area contributed by atoms with Crippen molar-refractivity contribution in [3.63, 3.8) is 0 Å². The van der Waals surface area contributed by atoms with Gasteiger partial charge in [0.05, 0.1) is 0 Å². The molecule has 0 aromatic heterocycles. The first-order valence-corrected chi connectivity index (χ1v) is 8.89. The summed E-state index contributed by atoms with van der Waals surface area (Å²) in [6.07, 6.45) is 3.97. The van der Waals surface area contributed by atoms with Crippen molar-refractivity contribution in [3.05, 3.63) is 28.2 Å². The number of nitrogens with zero attached hydrogens (tertiary/aromatic N) is 1. The third kappa shape index (κ3) is 4.46. The van der Waals surface area contributed by atoms with Gasteiger partial charge in [-0.3, -0.25) is 0 Å². The first-order valence-electron chi connectivity index (χ1n) is 8.10. The Kier molecular flexibility index (Phi) is 5.73. The SMILES string of the molecule is CNCc1cc(Br)ccc1N1CCCC(C(C)(C)C)CC1. The molecule has 1 unspecified atom stereocenters. The van der Waals surface area contributed by atoms with Crippen LogP contribution in [0.25, 0.3) is 0 Å². The second-order valence-corrected chi connectivity index (χ2v) is 8.20. The molecule has 3 heteroatoms. The van der Waals surface area contributed by atoms with Crippen LogP contribution >= 0.6 is 15.9 Å². The largest absolute Gasteiger partial charge is 0.371 e. The lowest BCUT2D eigenvalue weighted by Gasteiger charge is -2.30. The standard InChI is InChI=1S/C18H29BrN2/c1-18(2,3)15-6-5-10-21(11-9-15)17-8-7-16(19)12-14(17)13-20-4/h7-8,12,15,20H,5-6,9-11,13H2,1-4H3. The van der Waals surface area contributed by atoms with Crippen molar-refractivity contribution in [2.24, 2.45) is 11.3 Å². The molecule has 1 aliphatic heterocycles. The smallest absolute Gasteiger partial charge is 0.0412 e. The summed E-state index contributed by atoms with van der Waals surface area (Å²) in [5, 5.41) is 3.29. The predicted molar refractivity (Wildman–Crippen MR) is 95.9 cm³/mol. The zero-order valence-electron chi connectivity index (χ0n) is 13.9. The molecule has 2 rings (SSSR count). The average Bonchev–Trinajstić information content (AvgIpc) is 2.64. The topological polar surface area (TPSA) is 15.3 Å². The van der Waals surface area contributed by atoms with Crippen LogP contribution in [0.15, 0.2) is 22.7 Å². The van der Waals surface area contributed by atoms with E-state index in [-0.39, 0.29) is 0 Å². The van der Waals surface area contributed by atoms with Crippen LogP contribution in [0.2, 0.25) is 0 Å². The van der Waals surface area contributed by atoms with E-state index in [0.717, 1.165) is 12.5 Å². The zero-order chi connectivity index (χ0) is 15.5. The number of rotatable bonds is 3. The summed E-state index contributed by atoms with van der Waals surface area (Å²) in [6, 6.07) is 6.69. The lowest BCUT2D eigenvalue weighted by molar-refractivity contribution is 0.220. The second kappa shape index (κ2) is 7.15. The molecule has 2 nitrogen and oxygen atoms in total. The van der Waals surface area contributed by atoms with E-state index in [1.165, 1.54) is 48.1 Å². The van der Waals surface area contributed by atoms with Gasteiger partial charge in [-0.1, -0.05) is 36.7 Å². The Morgan fingerprint density at radius 1 is 1.24 bits per heavy atom. The highest BCUT2D eigenvalue weighted by molar-refractivity contribution is 9.10. The summed E-state index contributed by atoms with van der Waals surface area (Å²) in [7, 11) is 2.02. The minimum Gasteiger partial charge on any atom is -0.371 e. The summed E-state index contributed by atoms with van der Waals surface area (Å²) in [6.45, 7) is 10.5. The monoisotopic (exact) mass is 352 g/mol. The minimum absolute atomic E-state index is 0.434. The highest BCUT2D eigenvalue weighted by atomic mass is 79.9. The van der Waals surface area contributed by atoms with E-state index < -0.39 is 0 Å². The van der Waals surface area contributed by atoms with Gasteiger partial charge in [-0.2, -0.15) is 0 Å². The molecule has 1 aromatic carbocycles. The molecule has 1 atom stereocenters. The first-order chi connectivity index (χ1) is 9.91. The van der Waals surface area contributed by atoms with Gasteiger partial charge >= 0.3 is 0 Å². The van der Waals surface area contributed by atoms with Gasteiger partial charge in [0.1, 0.15) is 0 Å². The van der Waals surface area contributed by atoms with Crippen LogP contribution < -0.4 is 10.2 Å². The molecule has 1 heterocycles. The molecule has 1 aromatic rings. The molecule has 118 valence electrons.